The highest BCUT2D eigenvalue weighted by molar-refractivity contribution is 5.86. The highest BCUT2D eigenvalue weighted by Crippen LogP contribution is 2.29. The van der Waals surface area contributed by atoms with Crippen LogP contribution in [-0.2, 0) is 4.79 Å². The van der Waals surface area contributed by atoms with Gasteiger partial charge in [-0.3, -0.25) is 4.79 Å². The average Bonchev–Trinajstić information content (AvgIpc) is 2.07. The molecule has 0 bridgehead atoms. The second-order valence-corrected chi connectivity index (χ2v) is 5.67. The van der Waals surface area contributed by atoms with Crippen molar-refractivity contribution in [2.45, 2.75) is 46.6 Å². The maximum Gasteiger partial charge on any atom is 0.141 e. The normalized spacial score (nSPS) is 30.4. The quantitative estimate of drug-likeness (QED) is 0.643. The third kappa shape index (κ3) is 2.57. The van der Waals surface area contributed by atoms with Crippen LogP contribution in [0.25, 0.3) is 0 Å². The van der Waals surface area contributed by atoms with Gasteiger partial charge < -0.3 is 4.90 Å². The first-order chi connectivity index (χ1) is 6.32. The van der Waals surface area contributed by atoms with E-state index in [-0.39, 0.29) is 5.41 Å². The Labute approximate surface area is 87.7 Å². The Bertz CT molecular complexity index is 217. The molecule has 1 fully saturated rings. The van der Waals surface area contributed by atoms with Crippen LogP contribution in [0, 0.1) is 11.3 Å². The number of ketones is 1. The van der Waals surface area contributed by atoms with Crippen LogP contribution in [-0.4, -0.2) is 30.3 Å². The molecular weight excluding hydrogens is 174 g/mol. The van der Waals surface area contributed by atoms with Crippen LogP contribution in [0.5, 0.6) is 0 Å². The van der Waals surface area contributed by atoms with E-state index in [0.29, 0.717) is 17.7 Å². The zero-order chi connectivity index (χ0) is 10.9. The summed E-state index contributed by atoms with van der Waals surface area (Å²) in [6, 6.07) is 0.556. The highest BCUT2D eigenvalue weighted by Gasteiger charge is 2.33. The number of Topliss-reactive ketones (excluding diaryl/α,β-unsaturated/α-hetero) is 1. The molecule has 0 spiro atoms. The predicted molar refractivity (Wildman–Crippen MR) is 59.3 cm³/mol. The topological polar surface area (TPSA) is 20.3 Å². The number of carbonyl (C=O) groups is 1. The number of hydrogen-bond donors (Lipinski definition) is 0. The van der Waals surface area contributed by atoms with Gasteiger partial charge >= 0.3 is 0 Å². The molecule has 1 rings (SSSR count). The molecule has 0 aromatic carbocycles. The molecule has 0 aromatic heterocycles. The molecule has 82 valence electrons. The van der Waals surface area contributed by atoms with Gasteiger partial charge in [0.2, 0.25) is 0 Å². The number of piperidine rings is 1. The van der Waals surface area contributed by atoms with Gasteiger partial charge in [-0.05, 0) is 33.4 Å². The lowest BCUT2D eigenvalue weighted by Gasteiger charge is -2.36. The van der Waals surface area contributed by atoms with Crippen molar-refractivity contribution in [2.24, 2.45) is 11.3 Å². The summed E-state index contributed by atoms with van der Waals surface area (Å²) in [4.78, 5) is 14.4. The second kappa shape index (κ2) is 4.01. The Morgan fingerprint density at radius 1 is 1.36 bits per heavy atom. The van der Waals surface area contributed by atoms with Crippen molar-refractivity contribution in [3.63, 3.8) is 0 Å². The summed E-state index contributed by atoms with van der Waals surface area (Å²) < 4.78 is 0. The highest BCUT2D eigenvalue weighted by atomic mass is 16.1. The number of nitrogens with zero attached hydrogens (tertiary/aromatic N) is 1. The van der Waals surface area contributed by atoms with Gasteiger partial charge in [0.1, 0.15) is 5.78 Å². The summed E-state index contributed by atoms with van der Waals surface area (Å²) in [7, 11) is 2.14. The lowest BCUT2D eigenvalue weighted by molar-refractivity contribution is -0.132. The van der Waals surface area contributed by atoms with Gasteiger partial charge in [0.15, 0.2) is 0 Å². The maximum absolute atomic E-state index is 12.1. The smallest absolute Gasteiger partial charge is 0.141 e. The van der Waals surface area contributed by atoms with Crippen LogP contribution < -0.4 is 0 Å². The van der Waals surface area contributed by atoms with E-state index in [1.54, 1.807) is 0 Å². The van der Waals surface area contributed by atoms with E-state index in [1.165, 1.54) is 0 Å². The number of rotatable bonds is 1. The standard InChI is InChI=1S/C12H23NO/c1-9-8-10(6-7-13(9)5)11(14)12(2,3)4/h9-10H,6-8H2,1-5H3/t9-,10-/m0/s1. The van der Waals surface area contributed by atoms with Crippen molar-refractivity contribution >= 4 is 5.78 Å². The van der Waals surface area contributed by atoms with E-state index in [1.807, 2.05) is 20.8 Å². The lowest BCUT2D eigenvalue weighted by atomic mass is 9.77. The van der Waals surface area contributed by atoms with E-state index in [0.717, 1.165) is 19.4 Å². The van der Waals surface area contributed by atoms with Gasteiger partial charge in [0.05, 0.1) is 0 Å². The minimum Gasteiger partial charge on any atom is -0.304 e. The number of hydrogen-bond acceptors (Lipinski definition) is 2. The van der Waals surface area contributed by atoms with Gasteiger partial charge in [0, 0.05) is 17.4 Å². The van der Waals surface area contributed by atoms with Gasteiger partial charge in [-0.1, -0.05) is 20.8 Å². The Morgan fingerprint density at radius 3 is 2.36 bits per heavy atom. The summed E-state index contributed by atoms with van der Waals surface area (Å²) in [5, 5.41) is 0. The summed E-state index contributed by atoms with van der Waals surface area (Å²) in [5.74, 6) is 0.735. The zero-order valence-corrected chi connectivity index (χ0v) is 10.1. The molecule has 0 radical (unpaired) electrons. The number of likely N-dealkylation sites (tertiary alicyclic amines) is 1. The molecule has 0 aromatic rings. The van der Waals surface area contributed by atoms with E-state index in [9.17, 15) is 4.79 Å². The van der Waals surface area contributed by atoms with Crippen LogP contribution in [0.4, 0.5) is 0 Å². The lowest BCUT2D eigenvalue weighted by Crippen LogP contribution is -2.42. The van der Waals surface area contributed by atoms with E-state index in [2.05, 4.69) is 18.9 Å². The first kappa shape index (κ1) is 11.7. The van der Waals surface area contributed by atoms with Gasteiger partial charge in [0.25, 0.3) is 0 Å². The molecule has 2 nitrogen and oxygen atoms in total. The Balaban J connectivity index is 2.59. The molecule has 1 saturated heterocycles. The molecule has 2 atom stereocenters. The average molecular weight is 197 g/mol. The molecule has 0 saturated carbocycles. The van der Waals surface area contributed by atoms with Crippen molar-refractivity contribution in [3.8, 4) is 0 Å². The van der Waals surface area contributed by atoms with E-state index < -0.39 is 0 Å². The SMILES string of the molecule is C[C@H]1C[C@@H](C(=O)C(C)(C)C)CCN1C. The molecule has 1 aliphatic heterocycles. The molecule has 14 heavy (non-hydrogen) atoms. The maximum atomic E-state index is 12.1. The zero-order valence-electron chi connectivity index (χ0n) is 10.1. The van der Waals surface area contributed by atoms with Gasteiger partial charge in [-0.15, -0.1) is 0 Å². The fraction of sp³-hybridized carbons (Fsp3) is 0.917. The summed E-state index contributed by atoms with van der Waals surface area (Å²) in [6.45, 7) is 9.35. The Kier molecular flexibility index (Phi) is 3.36. The largest absolute Gasteiger partial charge is 0.304 e. The molecule has 1 aliphatic rings. The summed E-state index contributed by atoms with van der Waals surface area (Å²) in [6.07, 6.45) is 2.07. The fourth-order valence-electron chi connectivity index (χ4n) is 2.14. The van der Waals surface area contributed by atoms with Crippen molar-refractivity contribution in [2.75, 3.05) is 13.6 Å². The van der Waals surface area contributed by atoms with Crippen LogP contribution in [0.15, 0.2) is 0 Å². The van der Waals surface area contributed by atoms with Crippen LogP contribution in [0.2, 0.25) is 0 Å². The summed E-state index contributed by atoms with van der Waals surface area (Å²) in [5.41, 5.74) is -0.166. The summed E-state index contributed by atoms with van der Waals surface area (Å²) >= 11 is 0. The van der Waals surface area contributed by atoms with Crippen LogP contribution in [0.3, 0.4) is 0 Å². The molecular formula is C12H23NO. The molecule has 0 unspecified atom stereocenters. The first-order valence-corrected chi connectivity index (χ1v) is 5.57. The van der Waals surface area contributed by atoms with Crippen molar-refractivity contribution in [3.05, 3.63) is 0 Å². The molecule has 0 aliphatic carbocycles. The minimum absolute atomic E-state index is 0.166. The van der Waals surface area contributed by atoms with Crippen molar-refractivity contribution < 1.29 is 4.79 Å². The van der Waals surface area contributed by atoms with Gasteiger partial charge in [-0.25, -0.2) is 0 Å². The first-order valence-electron chi connectivity index (χ1n) is 5.57. The molecule has 0 amide bonds. The second-order valence-electron chi connectivity index (χ2n) is 5.67. The van der Waals surface area contributed by atoms with E-state index in [4.69, 9.17) is 0 Å². The fourth-order valence-corrected chi connectivity index (χ4v) is 2.14. The molecule has 2 heteroatoms. The molecule has 0 N–H and O–H groups in total. The van der Waals surface area contributed by atoms with E-state index >= 15 is 0 Å². The third-order valence-electron chi connectivity index (χ3n) is 3.32. The third-order valence-corrected chi connectivity index (χ3v) is 3.32. The van der Waals surface area contributed by atoms with Crippen LogP contribution in [0.1, 0.15) is 40.5 Å². The van der Waals surface area contributed by atoms with Crippen molar-refractivity contribution in [1.29, 1.82) is 0 Å². The molecule has 1 heterocycles. The van der Waals surface area contributed by atoms with Crippen molar-refractivity contribution in [1.82, 2.24) is 4.90 Å². The number of carbonyl (C=O) groups excluding carboxylic acids is 1. The monoisotopic (exact) mass is 197 g/mol. The van der Waals surface area contributed by atoms with Gasteiger partial charge in [-0.2, -0.15) is 0 Å². The predicted octanol–water partition coefficient (Wildman–Crippen LogP) is 2.33. The Morgan fingerprint density at radius 2 is 1.93 bits per heavy atom. The Hall–Kier alpha value is -0.370. The minimum atomic E-state index is -0.166. The van der Waals surface area contributed by atoms with Crippen LogP contribution >= 0.6 is 0 Å².